The zero-order chi connectivity index (χ0) is 15.7. The molecule has 3 aromatic rings. The summed E-state index contributed by atoms with van der Waals surface area (Å²) in [5.41, 5.74) is 1.89. The van der Waals surface area contributed by atoms with Crippen LogP contribution >= 0.6 is 15.9 Å². The minimum absolute atomic E-state index is 0.319. The summed E-state index contributed by atoms with van der Waals surface area (Å²) in [6, 6.07) is 15.6. The molecule has 0 atom stereocenters. The van der Waals surface area contributed by atoms with Gasteiger partial charge in [-0.3, -0.25) is 0 Å². The van der Waals surface area contributed by atoms with Crippen LogP contribution in [-0.4, -0.2) is 13.1 Å². The molecule has 0 saturated carbocycles. The van der Waals surface area contributed by atoms with Crippen molar-refractivity contribution in [2.45, 2.75) is 0 Å². The lowest BCUT2D eigenvalue weighted by Crippen LogP contribution is -2.04. The Kier molecular flexibility index (Phi) is 3.94. The van der Waals surface area contributed by atoms with Crippen molar-refractivity contribution in [1.82, 2.24) is 0 Å². The van der Waals surface area contributed by atoms with E-state index < -0.39 is 5.97 Å². The minimum atomic E-state index is -0.425. The molecule has 0 aliphatic rings. The van der Waals surface area contributed by atoms with Crippen molar-refractivity contribution in [2.75, 3.05) is 7.11 Å². The first-order chi connectivity index (χ1) is 10.6. The van der Waals surface area contributed by atoms with Gasteiger partial charge in [0.1, 0.15) is 5.82 Å². The van der Waals surface area contributed by atoms with Crippen molar-refractivity contribution >= 4 is 32.7 Å². The molecule has 3 rings (SSSR count). The van der Waals surface area contributed by atoms with Crippen LogP contribution in [0.5, 0.6) is 0 Å². The van der Waals surface area contributed by atoms with Crippen LogP contribution in [0.4, 0.5) is 4.39 Å². The molecule has 0 radical (unpaired) electrons. The maximum atomic E-state index is 13.2. The fraction of sp³-hybridized carbons (Fsp3) is 0.0556. The maximum Gasteiger partial charge on any atom is 0.338 e. The zero-order valence-corrected chi connectivity index (χ0v) is 13.4. The summed E-state index contributed by atoms with van der Waals surface area (Å²) in [7, 11) is 1.35. The van der Waals surface area contributed by atoms with Crippen molar-refractivity contribution in [3.63, 3.8) is 0 Å². The lowest BCUT2D eigenvalue weighted by Gasteiger charge is -2.13. The number of hydrogen-bond donors (Lipinski definition) is 0. The quantitative estimate of drug-likeness (QED) is 0.589. The van der Waals surface area contributed by atoms with E-state index >= 15 is 0 Å². The van der Waals surface area contributed by atoms with E-state index in [-0.39, 0.29) is 5.82 Å². The van der Waals surface area contributed by atoms with Crippen LogP contribution < -0.4 is 0 Å². The first kappa shape index (κ1) is 14.7. The number of halogens is 2. The summed E-state index contributed by atoms with van der Waals surface area (Å²) in [6.45, 7) is 0. The van der Waals surface area contributed by atoms with E-state index in [0.29, 0.717) is 11.1 Å². The number of benzene rings is 3. The van der Waals surface area contributed by atoms with Gasteiger partial charge in [-0.1, -0.05) is 36.4 Å². The van der Waals surface area contributed by atoms with Crippen molar-refractivity contribution in [2.24, 2.45) is 0 Å². The van der Waals surface area contributed by atoms with Crippen LogP contribution in [0.25, 0.3) is 21.9 Å². The van der Waals surface area contributed by atoms with Crippen LogP contribution in [0.3, 0.4) is 0 Å². The van der Waals surface area contributed by atoms with Crippen molar-refractivity contribution in [3.8, 4) is 11.1 Å². The highest BCUT2D eigenvalue weighted by molar-refractivity contribution is 9.10. The highest BCUT2D eigenvalue weighted by Crippen LogP contribution is 2.38. The van der Waals surface area contributed by atoms with E-state index in [0.717, 1.165) is 20.8 Å². The first-order valence-electron chi connectivity index (χ1n) is 6.67. The second-order valence-corrected chi connectivity index (χ2v) is 5.63. The Labute approximate surface area is 135 Å². The second kappa shape index (κ2) is 5.89. The molecule has 0 N–H and O–H groups in total. The van der Waals surface area contributed by atoms with Gasteiger partial charge in [-0.2, -0.15) is 0 Å². The molecule has 2 nitrogen and oxygen atoms in total. The third-order valence-corrected chi connectivity index (χ3v) is 4.35. The van der Waals surface area contributed by atoms with E-state index in [1.807, 2.05) is 24.3 Å². The molecule has 3 aromatic carbocycles. The Balaban J connectivity index is 2.37. The highest BCUT2D eigenvalue weighted by atomic mass is 79.9. The number of esters is 1. The van der Waals surface area contributed by atoms with Gasteiger partial charge in [0, 0.05) is 10.0 Å². The average molecular weight is 359 g/mol. The molecule has 0 fully saturated rings. The zero-order valence-electron chi connectivity index (χ0n) is 11.8. The van der Waals surface area contributed by atoms with E-state index in [9.17, 15) is 9.18 Å². The molecule has 0 amide bonds. The molecule has 0 aliphatic carbocycles. The van der Waals surface area contributed by atoms with E-state index in [2.05, 4.69) is 15.9 Å². The van der Waals surface area contributed by atoms with Crippen molar-refractivity contribution in [3.05, 3.63) is 70.5 Å². The lowest BCUT2D eigenvalue weighted by atomic mass is 9.95. The summed E-state index contributed by atoms with van der Waals surface area (Å²) in [5.74, 6) is -0.744. The molecule has 0 aromatic heterocycles. The summed E-state index contributed by atoms with van der Waals surface area (Å²) in [5, 5.41) is 1.91. The fourth-order valence-electron chi connectivity index (χ4n) is 2.47. The SMILES string of the molecule is COC(=O)c1cc2ccccc2c(Br)c1-c1ccc(F)cc1. The number of carbonyl (C=O) groups excluding carboxylic acids is 1. The number of rotatable bonds is 2. The van der Waals surface area contributed by atoms with E-state index in [1.54, 1.807) is 18.2 Å². The predicted molar refractivity (Wildman–Crippen MR) is 88.4 cm³/mol. The minimum Gasteiger partial charge on any atom is -0.465 e. The van der Waals surface area contributed by atoms with Crippen molar-refractivity contribution in [1.29, 1.82) is 0 Å². The van der Waals surface area contributed by atoms with Gasteiger partial charge in [0.15, 0.2) is 0 Å². The Bertz CT molecular complexity index is 857. The number of methoxy groups -OCH3 is 1. The van der Waals surface area contributed by atoms with Gasteiger partial charge in [0.25, 0.3) is 0 Å². The molecule has 0 bridgehead atoms. The second-order valence-electron chi connectivity index (χ2n) is 4.83. The molecule has 110 valence electrons. The van der Waals surface area contributed by atoms with Crippen LogP contribution in [0, 0.1) is 5.82 Å². The monoisotopic (exact) mass is 358 g/mol. The summed E-state index contributed by atoms with van der Waals surface area (Å²) in [4.78, 5) is 12.2. The Morgan fingerprint density at radius 2 is 1.77 bits per heavy atom. The molecule has 0 saturated heterocycles. The van der Waals surface area contributed by atoms with E-state index in [4.69, 9.17) is 4.74 Å². The number of fused-ring (bicyclic) bond motifs is 1. The number of ether oxygens (including phenoxy) is 1. The predicted octanol–water partition coefficient (Wildman–Crippen LogP) is 5.20. The Morgan fingerprint density at radius 3 is 2.45 bits per heavy atom. The van der Waals surface area contributed by atoms with Crippen LogP contribution in [0.2, 0.25) is 0 Å². The van der Waals surface area contributed by atoms with Gasteiger partial charge in [0.05, 0.1) is 12.7 Å². The third kappa shape index (κ3) is 2.50. The van der Waals surface area contributed by atoms with Crippen molar-refractivity contribution < 1.29 is 13.9 Å². The largest absolute Gasteiger partial charge is 0.465 e. The molecule has 4 heteroatoms. The molecule has 0 spiro atoms. The average Bonchev–Trinajstić information content (AvgIpc) is 2.55. The maximum absolute atomic E-state index is 13.2. The third-order valence-electron chi connectivity index (χ3n) is 3.52. The molecule has 0 unspecified atom stereocenters. The topological polar surface area (TPSA) is 26.3 Å². The Morgan fingerprint density at radius 1 is 1.09 bits per heavy atom. The molecular weight excluding hydrogens is 347 g/mol. The first-order valence-corrected chi connectivity index (χ1v) is 7.46. The Hall–Kier alpha value is -2.20. The smallest absolute Gasteiger partial charge is 0.338 e. The van der Waals surface area contributed by atoms with Gasteiger partial charge in [-0.05, 0) is 50.5 Å². The molecule has 22 heavy (non-hydrogen) atoms. The van der Waals surface area contributed by atoms with Crippen LogP contribution in [0.1, 0.15) is 10.4 Å². The van der Waals surface area contributed by atoms with Gasteiger partial charge >= 0.3 is 5.97 Å². The normalized spacial score (nSPS) is 10.7. The van der Waals surface area contributed by atoms with Crippen LogP contribution in [-0.2, 0) is 4.74 Å². The molecule has 0 heterocycles. The number of carbonyl (C=O) groups is 1. The number of hydrogen-bond acceptors (Lipinski definition) is 2. The van der Waals surface area contributed by atoms with E-state index in [1.165, 1.54) is 19.2 Å². The molecular formula is C18H12BrFO2. The van der Waals surface area contributed by atoms with Gasteiger partial charge in [0.2, 0.25) is 0 Å². The summed E-state index contributed by atoms with van der Waals surface area (Å²) < 4.78 is 18.9. The summed E-state index contributed by atoms with van der Waals surface area (Å²) >= 11 is 3.58. The summed E-state index contributed by atoms with van der Waals surface area (Å²) in [6.07, 6.45) is 0. The van der Waals surface area contributed by atoms with Gasteiger partial charge in [-0.15, -0.1) is 0 Å². The van der Waals surface area contributed by atoms with Gasteiger partial charge in [-0.25, -0.2) is 9.18 Å². The highest BCUT2D eigenvalue weighted by Gasteiger charge is 2.19. The molecule has 0 aliphatic heterocycles. The van der Waals surface area contributed by atoms with Gasteiger partial charge < -0.3 is 4.74 Å². The lowest BCUT2D eigenvalue weighted by molar-refractivity contribution is 0.0601. The fourth-order valence-corrected chi connectivity index (χ4v) is 3.28. The standard InChI is InChI=1S/C18H12BrFO2/c1-22-18(21)15-10-12-4-2-3-5-14(12)17(19)16(15)11-6-8-13(20)9-7-11/h2-10H,1H3. The van der Waals surface area contributed by atoms with Crippen LogP contribution in [0.15, 0.2) is 59.1 Å².